The van der Waals surface area contributed by atoms with E-state index in [1.165, 1.54) is 0 Å². The number of nitrogens with zero attached hydrogens (tertiary/aromatic N) is 2. The number of furan rings is 1. The van der Waals surface area contributed by atoms with Gasteiger partial charge < -0.3 is 14.5 Å². The third-order valence-corrected chi connectivity index (χ3v) is 3.44. The van der Waals surface area contributed by atoms with E-state index in [9.17, 15) is 4.79 Å². The molecule has 3 rings (SSSR count). The summed E-state index contributed by atoms with van der Waals surface area (Å²) in [5.74, 6) is 1.23. The number of amides is 1. The maximum absolute atomic E-state index is 12.0. The molecule has 0 saturated carbocycles. The number of nitrogens with one attached hydrogen (secondary N) is 1. The molecule has 0 spiro atoms. The second kappa shape index (κ2) is 7.04. The lowest BCUT2D eigenvalue weighted by Gasteiger charge is -2.08. The van der Waals surface area contributed by atoms with Gasteiger partial charge in [-0.3, -0.25) is 4.79 Å². The maximum Gasteiger partial charge on any atom is 0.272 e. The van der Waals surface area contributed by atoms with Gasteiger partial charge in [-0.15, -0.1) is 0 Å². The third kappa shape index (κ3) is 4.04. The molecule has 0 atom stereocenters. The Balaban J connectivity index is 1.55. The zero-order valence-corrected chi connectivity index (χ0v) is 13.7. The molecule has 1 aromatic carbocycles. The molecule has 1 amide bonds. The molecule has 124 valence electrons. The van der Waals surface area contributed by atoms with Gasteiger partial charge in [0.1, 0.15) is 17.2 Å². The Morgan fingerprint density at radius 1 is 1.25 bits per heavy atom. The first kappa shape index (κ1) is 15.9. The molecule has 2 heterocycles. The lowest BCUT2D eigenvalue weighted by molar-refractivity contribution is 0.0941. The van der Waals surface area contributed by atoms with E-state index in [1.807, 2.05) is 26.0 Å². The van der Waals surface area contributed by atoms with Crippen molar-refractivity contribution in [1.29, 1.82) is 0 Å². The van der Waals surface area contributed by atoms with E-state index < -0.39 is 0 Å². The van der Waals surface area contributed by atoms with E-state index >= 15 is 0 Å². The summed E-state index contributed by atoms with van der Waals surface area (Å²) < 4.78 is 12.5. The van der Waals surface area contributed by atoms with Gasteiger partial charge in [-0.2, -0.15) is 5.10 Å². The highest BCUT2D eigenvalue weighted by Crippen LogP contribution is 2.16. The Kier molecular flexibility index (Phi) is 4.65. The maximum atomic E-state index is 12.0. The van der Waals surface area contributed by atoms with Crippen LogP contribution in [0.4, 0.5) is 0 Å². The average molecular weight is 325 g/mol. The van der Waals surface area contributed by atoms with Crippen molar-refractivity contribution < 1.29 is 13.9 Å². The molecule has 1 N–H and O–H groups in total. The van der Waals surface area contributed by atoms with Crippen molar-refractivity contribution in [2.45, 2.75) is 27.1 Å². The van der Waals surface area contributed by atoms with Crippen LogP contribution in [0.2, 0.25) is 0 Å². The second-order valence-corrected chi connectivity index (χ2v) is 5.60. The van der Waals surface area contributed by atoms with E-state index in [0.717, 1.165) is 16.9 Å². The molecule has 0 fully saturated rings. The predicted octanol–water partition coefficient (Wildman–Crippen LogP) is 3.06. The SMILES string of the molecule is Cc1cc(C)cc(OCn2ccc(C(=O)NCc3ccco3)n2)c1. The minimum absolute atomic E-state index is 0.244. The Bertz CT molecular complexity index is 802. The fourth-order valence-electron chi connectivity index (χ4n) is 2.38. The van der Waals surface area contributed by atoms with Gasteiger partial charge in [0.2, 0.25) is 0 Å². The highest BCUT2D eigenvalue weighted by molar-refractivity contribution is 5.92. The number of carbonyl (C=O) groups is 1. The number of aromatic nitrogens is 2. The van der Waals surface area contributed by atoms with Gasteiger partial charge in [0.25, 0.3) is 5.91 Å². The molecule has 6 heteroatoms. The summed E-state index contributed by atoms with van der Waals surface area (Å²) >= 11 is 0. The van der Waals surface area contributed by atoms with Crippen LogP contribution in [0.5, 0.6) is 5.75 Å². The van der Waals surface area contributed by atoms with Gasteiger partial charge in [0.05, 0.1) is 12.8 Å². The topological polar surface area (TPSA) is 69.3 Å². The Labute approximate surface area is 140 Å². The molecule has 0 aliphatic carbocycles. The van der Waals surface area contributed by atoms with Crippen molar-refractivity contribution in [3.8, 4) is 5.75 Å². The third-order valence-electron chi connectivity index (χ3n) is 3.44. The number of hydrogen-bond acceptors (Lipinski definition) is 4. The van der Waals surface area contributed by atoms with Crippen LogP contribution in [-0.2, 0) is 13.3 Å². The molecule has 3 aromatic rings. The molecule has 0 unspecified atom stereocenters. The standard InChI is InChI=1S/C18H19N3O3/c1-13-8-14(2)10-16(9-13)24-12-21-6-5-17(20-21)18(22)19-11-15-4-3-7-23-15/h3-10H,11-12H2,1-2H3,(H,19,22). The molecular weight excluding hydrogens is 306 g/mol. The van der Waals surface area contributed by atoms with E-state index in [1.54, 1.807) is 35.3 Å². The second-order valence-electron chi connectivity index (χ2n) is 5.60. The number of rotatable bonds is 6. The van der Waals surface area contributed by atoms with E-state index in [2.05, 4.69) is 16.5 Å². The van der Waals surface area contributed by atoms with Crippen LogP contribution in [0.15, 0.2) is 53.3 Å². The van der Waals surface area contributed by atoms with Crippen LogP contribution in [0.3, 0.4) is 0 Å². The smallest absolute Gasteiger partial charge is 0.272 e. The summed E-state index contributed by atoms with van der Waals surface area (Å²) in [5, 5.41) is 6.97. The highest BCUT2D eigenvalue weighted by Gasteiger charge is 2.10. The molecular formula is C18H19N3O3. The molecule has 24 heavy (non-hydrogen) atoms. The largest absolute Gasteiger partial charge is 0.471 e. The first-order chi connectivity index (χ1) is 11.6. The van der Waals surface area contributed by atoms with Crippen LogP contribution < -0.4 is 10.1 Å². The summed E-state index contributed by atoms with van der Waals surface area (Å²) in [6.07, 6.45) is 3.28. The molecule has 6 nitrogen and oxygen atoms in total. The van der Waals surface area contributed by atoms with Gasteiger partial charge in [-0.05, 0) is 55.3 Å². The van der Waals surface area contributed by atoms with Crippen LogP contribution in [-0.4, -0.2) is 15.7 Å². The van der Waals surface area contributed by atoms with Crippen molar-refractivity contribution >= 4 is 5.91 Å². The molecule has 0 saturated heterocycles. The van der Waals surface area contributed by atoms with Crippen LogP contribution in [0.1, 0.15) is 27.4 Å². The minimum Gasteiger partial charge on any atom is -0.471 e. The van der Waals surface area contributed by atoms with Crippen molar-refractivity contribution in [2.75, 3.05) is 0 Å². The number of benzene rings is 1. The van der Waals surface area contributed by atoms with E-state index in [-0.39, 0.29) is 12.6 Å². The molecule has 0 aliphatic rings. The molecule has 2 aromatic heterocycles. The summed E-state index contributed by atoms with van der Waals surface area (Å²) in [5.41, 5.74) is 2.62. The Hall–Kier alpha value is -3.02. The number of carbonyl (C=O) groups excluding carboxylic acids is 1. The average Bonchev–Trinajstić information content (AvgIpc) is 3.21. The molecule has 0 bridgehead atoms. The Morgan fingerprint density at radius 3 is 2.75 bits per heavy atom. The monoisotopic (exact) mass is 325 g/mol. The fraction of sp³-hybridized carbons (Fsp3) is 0.222. The summed E-state index contributed by atoms with van der Waals surface area (Å²) in [4.78, 5) is 12.0. The number of ether oxygens (including phenoxy) is 1. The van der Waals surface area contributed by atoms with Crippen molar-refractivity contribution in [1.82, 2.24) is 15.1 Å². The summed E-state index contributed by atoms with van der Waals surface area (Å²) in [7, 11) is 0. The van der Waals surface area contributed by atoms with Crippen molar-refractivity contribution in [2.24, 2.45) is 0 Å². The van der Waals surface area contributed by atoms with Gasteiger partial charge in [0, 0.05) is 6.20 Å². The molecule has 0 radical (unpaired) electrons. The quantitative estimate of drug-likeness (QED) is 0.756. The van der Waals surface area contributed by atoms with Gasteiger partial charge in [0.15, 0.2) is 6.73 Å². The van der Waals surface area contributed by atoms with Gasteiger partial charge >= 0.3 is 0 Å². The van der Waals surface area contributed by atoms with Crippen LogP contribution in [0, 0.1) is 13.8 Å². The summed E-state index contributed by atoms with van der Waals surface area (Å²) in [6, 6.07) is 11.3. The number of aryl methyl sites for hydroxylation is 2. The van der Waals surface area contributed by atoms with Crippen LogP contribution in [0.25, 0.3) is 0 Å². The zero-order valence-electron chi connectivity index (χ0n) is 13.7. The van der Waals surface area contributed by atoms with Gasteiger partial charge in [-0.25, -0.2) is 4.68 Å². The van der Waals surface area contributed by atoms with Crippen molar-refractivity contribution in [3.05, 3.63) is 71.4 Å². The first-order valence-corrected chi connectivity index (χ1v) is 7.65. The van der Waals surface area contributed by atoms with E-state index in [0.29, 0.717) is 18.0 Å². The fourth-order valence-corrected chi connectivity index (χ4v) is 2.38. The summed E-state index contributed by atoms with van der Waals surface area (Å²) in [6.45, 7) is 4.62. The minimum atomic E-state index is -0.253. The predicted molar refractivity (Wildman–Crippen MR) is 88.6 cm³/mol. The number of hydrogen-bond donors (Lipinski definition) is 1. The lowest BCUT2D eigenvalue weighted by Crippen LogP contribution is -2.23. The van der Waals surface area contributed by atoms with Gasteiger partial charge in [-0.1, -0.05) is 6.07 Å². The first-order valence-electron chi connectivity index (χ1n) is 7.65. The van der Waals surface area contributed by atoms with E-state index in [4.69, 9.17) is 9.15 Å². The van der Waals surface area contributed by atoms with Crippen LogP contribution >= 0.6 is 0 Å². The molecule has 0 aliphatic heterocycles. The van der Waals surface area contributed by atoms with Crippen molar-refractivity contribution in [3.63, 3.8) is 0 Å². The highest BCUT2D eigenvalue weighted by atomic mass is 16.5. The Morgan fingerprint density at radius 2 is 2.04 bits per heavy atom. The normalized spacial score (nSPS) is 10.6. The zero-order chi connectivity index (χ0) is 16.9. The lowest BCUT2D eigenvalue weighted by atomic mass is 10.1.